The van der Waals surface area contributed by atoms with Crippen LogP contribution in [0.4, 0.5) is 23.1 Å². The van der Waals surface area contributed by atoms with Crippen LogP contribution in [0.1, 0.15) is 5.69 Å². The van der Waals surface area contributed by atoms with E-state index in [2.05, 4.69) is 20.6 Å². The van der Waals surface area contributed by atoms with Crippen molar-refractivity contribution in [2.45, 2.75) is 6.92 Å². The van der Waals surface area contributed by atoms with Gasteiger partial charge in [0.15, 0.2) is 0 Å². The van der Waals surface area contributed by atoms with Crippen molar-refractivity contribution in [1.82, 2.24) is 9.97 Å². The molecule has 0 saturated carbocycles. The van der Waals surface area contributed by atoms with Gasteiger partial charge in [-0.3, -0.25) is 0 Å². The highest BCUT2D eigenvalue weighted by Gasteiger charge is 2.04. The topological polar surface area (TPSA) is 49.8 Å². The molecule has 3 aromatic rings. The highest BCUT2D eigenvalue weighted by molar-refractivity contribution is 6.30. The van der Waals surface area contributed by atoms with Gasteiger partial charge in [-0.25, -0.2) is 4.98 Å². The minimum Gasteiger partial charge on any atom is -0.340 e. The molecule has 116 valence electrons. The monoisotopic (exact) mass is 344 g/mol. The Hall–Kier alpha value is -2.30. The summed E-state index contributed by atoms with van der Waals surface area (Å²) in [5, 5.41) is 7.78. The molecule has 0 unspecified atom stereocenters. The number of aryl methyl sites for hydroxylation is 1. The molecule has 0 aliphatic rings. The molecule has 0 amide bonds. The predicted octanol–water partition coefficient (Wildman–Crippen LogP) is 5.58. The van der Waals surface area contributed by atoms with Crippen LogP contribution in [0.5, 0.6) is 0 Å². The molecule has 0 saturated heterocycles. The summed E-state index contributed by atoms with van der Waals surface area (Å²) in [7, 11) is 0. The molecule has 6 heteroatoms. The molecule has 0 bridgehead atoms. The average Bonchev–Trinajstić information content (AvgIpc) is 2.51. The summed E-state index contributed by atoms with van der Waals surface area (Å²) in [5.41, 5.74) is 2.63. The molecule has 0 aliphatic heterocycles. The second-order valence-corrected chi connectivity index (χ2v) is 5.85. The normalized spacial score (nSPS) is 10.4. The van der Waals surface area contributed by atoms with Crippen molar-refractivity contribution in [3.05, 3.63) is 70.3 Å². The summed E-state index contributed by atoms with van der Waals surface area (Å²) in [6.07, 6.45) is 0. The molecular formula is C17H14Cl2N4. The SMILES string of the molecule is Cc1cc(Nc2ccc(Cl)cc2)nc(Nc2ccc(Cl)cc2)n1. The van der Waals surface area contributed by atoms with Gasteiger partial charge in [0, 0.05) is 33.2 Å². The molecular weight excluding hydrogens is 331 g/mol. The Bertz CT molecular complexity index is 736. The summed E-state index contributed by atoms with van der Waals surface area (Å²) in [4.78, 5) is 8.86. The molecule has 2 N–H and O–H groups in total. The van der Waals surface area contributed by atoms with E-state index in [1.807, 2.05) is 61.5 Å². The van der Waals surface area contributed by atoms with Crippen LogP contribution >= 0.6 is 23.2 Å². The first-order valence-electron chi connectivity index (χ1n) is 6.99. The van der Waals surface area contributed by atoms with Gasteiger partial charge in [-0.05, 0) is 55.5 Å². The maximum absolute atomic E-state index is 5.89. The number of benzene rings is 2. The molecule has 1 heterocycles. The number of anilines is 4. The lowest BCUT2D eigenvalue weighted by Crippen LogP contribution is -2.02. The molecule has 0 spiro atoms. The highest BCUT2D eigenvalue weighted by Crippen LogP contribution is 2.21. The summed E-state index contributed by atoms with van der Waals surface area (Å²) in [6.45, 7) is 1.92. The number of nitrogens with zero attached hydrogens (tertiary/aromatic N) is 2. The zero-order chi connectivity index (χ0) is 16.2. The maximum atomic E-state index is 5.89. The second-order valence-electron chi connectivity index (χ2n) is 4.98. The Morgan fingerprint density at radius 1 is 0.739 bits per heavy atom. The number of nitrogens with one attached hydrogen (secondary N) is 2. The fourth-order valence-electron chi connectivity index (χ4n) is 2.03. The van der Waals surface area contributed by atoms with Crippen molar-refractivity contribution in [1.29, 1.82) is 0 Å². The molecule has 23 heavy (non-hydrogen) atoms. The van der Waals surface area contributed by atoms with Gasteiger partial charge in [-0.1, -0.05) is 23.2 Å². The largest absolute Gasteiger partial charge is 0.340 e. The molecule has 0 radical (unpaired) electrons. The minimum atomic E-state index is 0.517. The van der Waals surface area contributed by atoms with Gasteiger partial charge in [0.2, 0.25) is 5.95 Å². The number of hydrogen-bond acceptors (Lipinski definition) is 4. The van der Waals surface area contributed by atoms with E-state index in [-0.39, 0.29) is 0 Å². The van der Waals surface area contributed by atoms with Crippen molar-refractivity contribution in [2.75, 3.05) is 10.6 Å². The number of aromatic nitrogens is 2. The van der Waals surface area contributed by atoms with E-state index in [9.17, 15) is 0 Å². The van der Waals surface area contributed by atoms with Crippen LogP contribution in [-0.4, -0.2) is 9.97 Å². The van der Waals surface area contributed by atoms with Crippen LogP contribution in [0.25, 0.3) is 0 Å². The molecule has 4 nitrogen and oxygen atoms in total. The quantitative estimate of drug-likeness (QED) is 0.648. The summed E-state index contributed by atoms with van der Waals surface area (Å²) in [6, 6.07) is 16.7. The van der Waals surface area contributed by atoms with Crippen LogP contribution in [-0.2, 0) is 0 Å². The summed E-state index contributed by atoms with van der Waals surface area (Å²) >= 11 is 11.8. The van der Waals surface area contributed by atoms with E-state index in [1.54, 1.807) is 0 Å². The van der Waals surface area contributed by atoms with Crippen LogP contribution in [0.3, 0.4) is 0 Å². The predicted molar refractivity (Wildman–Crippen MR) is 96.2 cm³/mol. The molecule has 3 rings (SSSR count). The Morgan fingerprint density at radius 2 is 1.26 bits per heavy atom. The van der Waals surface area contributed by atoms with Gasteiger partial charge in [0.1, 0.15) is 5.82 Å². The van der Waals surface area contributed by atoms with Gasteiger partial charge < -0.3 is 10.6 Å². The average molecular weight is 345 g/mol. The van der Waals surface area contributed by atoms with E-state index in [1.165, 1.54) is 0 Å². The second kappa shape index (κ2) is 6.86. The van der Waals surface area contributed by atoms with Crippen LogP contribution in [0, 0.1) is 6.92 Å². The van der Waals surface area contributed by atoms with E-state index >= 15 is 0 Å². The summed E-state index contributed by atoms with van der Waals surface area (Å²) < 4.78 is 0. The van der Waals surface area contributed by atoms with E-state index in [4.69, 9.17) is 23.2 Å². The molecule has 2 aromatic carbocycles. The van der Waals surface area contributed by atoms with E-state index < -0.39 is 0 Å². The van der Waals surface area contributed by atoms with Crippen molar-refractivity contribution < 1.29 is 0 Å². The molecule has 0 aliphatic carbocycles. The number of rotatable bonds is 4. The number of halogens is 2. The Morgan fingerprint density at radius 3 is 1.83 bits per heavy atom. The first-order chi connectivity index (χ1) is 11.1. The van der Waals surface area contributed by atoms with Crippen LogP contribution in [0.15, 0.2) is 54.6 Å². The van der Waals surface area contributed by atoms with Gasteiger partial charge >= 0.3 is 0 Å². The van der Waals surface area contributed by atoms with Crippen molar-refractivity contribution in [3.8, 4) is 0 Å². The zero-order valence-electron chi connectivity index (χ0n) is 12.3. The van der Waals surface area contributed by atoms with Crippen molar-refractivity contribution in [2.24, 2.45) is 0 Å². The van der Waals surface area contributed by atoms with Gasteiger partial charge in [0.25, 0.3) is 0 Å². The third-order valence-electron chi connectivity index (χ3n) is 3.07. The van der Waals surface area contributed by atoms with Crippen LogP contribution < -0.4 is 10.6 Å². The fourth-order valence-corrected chi connectivity index (χ4v) is 2.28. The summed E-state index contributed by atoms with van der Waals surface area (Å²) in [5.74, 6) is 1.22. The highest BCUT2D eigenvalue weighted by atomic mass is 35.5. The van der Waals surface area contributed by atoms with Gasteiger partial charge in [0.05, 0.1) is 0 Å². The first kappa shape index (κ1) is 15.6. The first-order valence-corrected chi connectivity index (χ1v) is 7.75. The third-order valence-corrected chi connectivity index (χ3v) is 3.58. The fraction of sp³-hybridized carbons (Fsp3) is 0.0588. The smallest absolute Gasteiger partial charge is 0.229 e. The Kier molecular flexibility index (Phi) is 4.65. The Balaban J connectivity index is 1.81. The standard InChI is InChI=1S/C17H14Cl2N4/c1-11-10-16(21-14-6-2-12(18)3-7-14)23-17(20-11)22-15-8-4-13(19)5-9-15/h2-10H,1H3,(H2,20,21,22,23). The maximum Gasteiger partial charge on any atom is 0.229 e. The lowest BCUT2D eigenvalue weighted by molar-refractivity contribution is 1.11. The lowest BCUT2D eigenvalue weighted by atomic mass is 10.3. The van der Waals surface area contributed by atoms with E-state index in [0.717, 1.165) is 17.1 Å². The zero-order valence-corrected chi connectivity index (χ0v) is 13.9. The minimum absolute atomic E-state index is 0.517. The lowest BCUT2D eigenvalue weighted by Gasteiger charge is -2.10. The van der Waals surface area contributed by atoms with Crippen LogP contribution in [0.2, 0.25) is 10.0 Å². The number of hydrogen-bond donors (Lipinski definition) is 2. The molecule has 1 aromatic heterocycles. The van der Waals surface area contributed by atoms with Crippen molar-refractivity contribution in [3.63, 3.8) is 0 Å². The Labute approximate surface area is 144 Å². The van der Waals surface area contributed by atoms with E-state index in [0.29, 0.717) is 21.8 Å². The molecule has 0 fully saturated rings. The van der Waals surface area contributed by atoms with Gasteiger partial charge in [-0.2, -0.15) is 4.98 Å². The van der Waals surface area contributed by atoms with Gasteiger partial charge in [-0.15, -0.1) is 0 Å². The molecule has 0 atom stereocenters. The van der Waals surface area contributed by atoms with Crippen molar-refractivity contribution >= 4 is 46.3 Å². The third kappa shape index (κ3) is 4.34.